The molecule has 0 atom stereocenters. The van der Waals surface area contributed by atoms with E-state index in [1.165, 1.54) is 56.1 Å². The van der Waals surface area contributed by atoms with Crippen LogP contribution in [0.1, 0.15) is 62.5 Å². The van der Waals surface area contributed by atoms with Crippen molar-refractivity contribution in [2.24, 2.45) is 5.92 Å². The number of aryl methyl sites for hydroxylation is 1. The summed E-state index contributed by atoms with van der Waals surface area (Å²) in [5.41, 5.74) is 4.71. The van der Waals surface area contributed by atoms with E-state index in [-0.39, 0.29) is 0 Å². The molecule has 1 fully saturated rings. The fraction of sp³-hybridized carbons (Fsp3) is 0.556. The van der Waals surface area contributed by atoms with E-state index in [4.69, 9.17) is 11.6 Å². The van der Waals surface area contributed by atoms with Crippen LogP contribution in [0.2, 0.25) is 0 Å². The average Bonchev–Trinajstić information content (AvgIpc) is 2.47. The highest BCUT2D eigenvalue weighted by atomic mass is 35.5. The highest BCUT2D eigenvalue weighted by Gasteiger charge is 2.20. The Morgan fingerprint density at radius 2 is 1.79 bits per heavy atom. The highest BCUT2D eigenvalue weighted by molar-refractivity contribution is 6.25. The van der Waals surface area contributed by atoms with E-state index >= 15 is 0 Å². The van der Waals surface area contributed by atoms with Crippen molar-refractivity contribution in [3.63, 3.8) is 0 Å². The minimum atomic E-state index is 0.706. The molecule has 0 radical (unpaired) electrons. The van der Waals surface area contributed by atoms with Gasteiger partial charge < -0.3 is 0 Å². The average molecular weight is 277 g/mol. The topological polar surface area (TPSA) is 0 Å². The molecule has 1 aliphatic carbocycles. The van der Waals surface area contributed by atoms with Crippen molar-refractivity contribution in [1.29, 1.82) is 0 Å². The Morgan fingerprint density at radius 3 is 2.37 bits per heavy atom. The van der Waals surface area contributed by atoms with E-state index in [9.17, 15) is 0 Å². The minimum Gasteiger partial charge on any atom is -0.0933 e. The van der Waals surface area contributed by atoms with E-state index in [0.717, 1.165) is 5.92 Å². The van der Waals surface area contributed by atoms with Gasteiger partial charge in [0, 0.05) is 5.54 Å². The number of unbranched alkanes of at least 4 members (excludes halogenated alkanes) is 1. The summed E-state index contributed by atoms with van der Waals surface area (Å²) in [7, 11) is 0. The first kappa shape index (κ1) is 14.7. The summed E-state index contributed by atoms with van der Waals surface area (Å²) in [5.74, 6) is 1.47. The second-order valence-electron chi connectivity index (χ2n) is 5.78. The summed E-state index contributed by atoms with van der Waals surface area (Å²) in [6.07, 6.45) is 11.1. The standard InChI is InChI=1S/C18H25Cl/c1-2-3-4-15-5-9-17(10-6-15)18-11-7-16(8-12-18)13-14-19/h5-6,9-10,13-14,16,18H,2-4,7-8,11-12H2,1H3/b14-13+. The van der Waals surface area contributed by atoms with Crippen LogP contribution in [-0.2, 0) is 6.42 Å². The summed E-state index contributed by atoms with van der Waals surface area (Å²) in [6, 6.07) is 9.37. The van der Waals surface area contributed by atoms with Crippen LogP contribution in [0.5, 0.6) is 0 Å². The van der Waals surface area contributed by atoms with Gasteiger partial charge in [0.15, 0.2) is 0 Å². The first-order valence-corrected chi connectivity index (χ1v) is 8.13. The summed E-state index contributed by atoms with van der Waals surface area (Å²) in [4.78, 5) is 0. The van der Waals surface area contributed by atoms with Crippen molar-refractivity contribution >= 4 is 11.6 Å². The molecule has 0 bridgehead atoms. The zero-order chi connectivity index (χ0) is 13.5. The maximum absolute atomic E-state index is 5.67. The number of hydrogen-bond donors (Lipinski definition) is 0. The van der Waals surface area contributed by atoms with Gasteiger partial charge in [0.05, 0.1) is 0 Å². The first-order chi connectivity index (χ1) is 9.33. The predicted octanol–water partition coefficient (Wildman–Crippen LogP) is 6.06. The Hall–Kier alpha value is -0.750. The first-order valence-electron chi connectivity index (χ1n) is 7.69. The summed E-state index contributed by atoms with van der Waals surface area (Å²) in [6.45, 7) is 2.25. The van der Waals surface area contributed by atoms with Crippen LogP contribution < -0.4 is 0 Å². The molecular weight excluding hydrogens is 252 g/mol. The Morgan fingerprint density at radius 1 is 1.11 bits per heavy atom. The Bertz CT molecular complexity index is 383. The van der Waals surface area contributed by atoms with Crippen molar-refractivity contribution < 1.29 is 0 Å². The Balaban J connectivity index is 1.89. The van der Waals surface area contributed by atoms with Crippen LogP contribution in [0.15, 0.2) is 35.9 Å². The van der Waals surface area contributed by atoms with E-state index in [2.05, 4.69) is 37.3 Å². The normalized spacial score (nSPS) is 23.9. The van der Waals surface area contributed by atoms with Gasteiger partial charge in [-0.15, -0.1) is 0 Å². The van der Waals surface area contributed by atoms with Gasteiger partial charge >= 0.3 is 0 Å². The van der Waals surface area contributed by atoms with Gasteiger partial charge in [-0.05, 0) is 61.5 Å². The van der Waals surface area contributed by atoms with Gasteiger partial charge in [-0.2, -0.15) is 0 Å². The molecule has 1 aromatic rings. The SMILES string of the molecule is CCCCc1ccc(C2CCC(/C=C/Cl)CC2)cc1. The van der Waals surface area contributed by atoms with Gasteiger partial charge in [0.1, 0.15) is 0 Å². The molecule has 1 aromatic carbocycles. The molecule has 1 aliphatic rings. The number of rotatable bonds is 5. The number of benzene rings is 1. The third-order valence-electron chi connectivity index (χ3n) is 4.39. The lowest BCUT2D eigenvalue weighted by atomic mass is 9.78. The largest absolute Gasteiger partial charge is 0.0933 e. The molecule has 0 saturated heterocycles. The van der Waals surface area contributed by atoms with Gasteiger partial charge in [0.2, 0.25) is 0 Å². The lowest BCUT2D eigenvalue weighted by Gasteiger charge is -2.27. The Kier molecular flexibility index (Phi) is 5.97. The third kappa shape index (κ3) is 4.38. The van der Waals surface area contributed by atoms with Crippen molar-refractivity contribution in [3.8, 4) is 0 Å². The van der Waals surface area contributed by atoms with Crippen molar-refractivity contribution in [3.05, 3.63) is 47.0 Å². The monoisotopic (exact) mass is 276 g/mol. The molecule has 1 heteroatoms. The summed E-state index contributed by atoms with van der Waals surface area (Å²) < 4.78 is 0. The van der Waals surface area contributed by atoms with Gasteiger partial charge in [-0.1, -0.05) is 55.3 Å². The predicted molar refractivity (Wildman–Crippen MR) is 84.7 cm³/mol. The maximum atomic E-state index is 5.67. The van der Waals surface area contributed by atoms with E-state index < -0.39 is 0 Å². The second-order valence-corrected chi connectivity index (χ2v) is 6.03. The van der Waals surface area contributed by atoms with Crippen LogP contribution in [0.3, 0.4) is 0 Å². The van der Waals surface area contributed by atoms with Gasteiger partial charge in [-0.25, -0.2) is 0 Å². The van der Waals surface area contributed by atoms with E-state index in [1.807, 2.05) is 0 Å². The fourth-order valence-corrected chi connectivity index (χ4v) is 3.29. The van der Waals surface area contributed by atoms with Gasteiger partial charge in [0.25, 0.3) is 0 Å². The maximum Gasteiger partial charge on any atom is 0.000525 e. The lowest BCUT2D eigenvalue weighted by Crippen LogP contribution is -2.11. The molecule has 0 unspecified atom stereocenters. The lowest BCUT2D eigenvalue weighted by molar-refractivity contribution is 0.376. The third-order valence-corrected chi connectivity index (χ3v) is 4.53. The molecule has 0 N–H and O–H groups in total. The van der Waals surface area contributed by atoms with Crippen LogP contribution in [0.4, 0.5) is 0 Å². The molecule has 0 aromatic heterocycles. The number of halogens is 1. The highest BCUT2D eigenvalue weighted by Crippen LogP contribution is 2.36. The van der Waals surface area contributed by atoms with Crippen LogP contribution in [0, 0.1) is 5.92 Å². The number of hydrogen-bond acceptors (Lipinski definition) is 0. The fourth-order valence-electron chi connectivity index (χ4n) is 3.09. The van der Waals surface area contributed by atoms with E-state index in [1.54, 1.807) is 5.54 Å². The molecule has 0 amide bonds. The number of allylic oxidation sites excluding steroid dienone is 1. The zero-order valence-corrected chi connectivity index (χ0v) is 12.7. The van der Waals surface area contributed by atoms with Crippen LogP contribution in [-0.4, -0.2) is 0 Å². The second kappa shape index (κ2) is 7.75. The van der Waals surface area contributed by atoms with E-state index in [0.29, 0.717) is 5.92 Å². The molecule has 0 aliphatic heterocycles. The molecule has 1 saturated carbocycles. The smallest absolute Gasteiger partial charge is 0.000525 e. The zero-order valence-electron chi connectivity index (χ0n) is 11.9. The minimum absolute atomic E-state index is 0.706. The van der Waals surface area contributed by atoms with Crippen molar-refractivity contribution in [2.75, 3.05) is 0 Å². The summed E-state index contributed by atoms with van der Waals surface area (Å²) >= 11 is 5.67. The quantitative estimate of drug-likeness (QED) is 0.613. The van der Waals surface area contributed by atoms with Crippen LogP contribution in [0.25, 0.3) is 0 Å². The molecule has 0 spiro atoms. The molecule has 19 heavy (non-hydrogen) atoms. The van der Waals surface area contributed by atoms with Crippen molar-refractivity contribution in [2.45, 2.75) is 57.8 Å². The molecule has 2 rings (SSSR count). The molecule has 0 heterocycles. The Labute approximate surface area is 122 Å². The summed E-state index contributed by atoms with van der Waals surface area (Å²) in [5, 5.41) is 0. The molecular formula is C18H25Cl. The van der Waals surface area contributed by atoms with Crippen LogP contribution >= 0.6 is 11.6 Å². The molecule has 0 nitrogen and oxygen atoms in total. The molecule has 104 valence electrons. The van der Waals surface area contributed by atoms with Gasteiger partial charge in [-0.3, -0.25) is 0 Å². The van der Waals surface area contributed by atoms with Crippen molar-refractivity contribution in [1.82, 2.24) is 0 Å².